The van der Waals surface area contributed by atoms with E-state index in [1.54, 1.807) is 22.5 Å². The fourth-order valence-electron chi connectivity index (χ4n) is 5.20. The van der Waals surface area contributed by atoms with Gasteiger partial charge < -0.3 is 10.2 Å². The van der Waals surface area contributed by atoms with Crippen LogP contribution in [0.5, 0.6) is 0 Å². The van der Waals surface area contributed by atoms with Gasteiger partial charge in [-0.25, -0.2) is 9.78 Å². The lowest BCUT2D eigenvalue weighted by atomic mass is 9.75. The second-order valence-electron chi connectivity index (χ2n) is 9.27. The molecule has 2 aliphatic rings. The molecular weight excluding hydrogens is 464 g/mol. The van der Waals surface area contributed by atoms with Gasteiger partial charge in [-0.2, -0.15) is 0 Å². The highest BCUT2D eigenvalue weighted by atomic mass is 32.1. The van der Waals surface area contributed by atoms with Crippen molar-refractivity contribution in [3.63, 3.8) is 0 Å². The van der Waals surface area contributed by atoms with Crippen LogP contribution < -0.4 is 5.32 Å². The molecule has 2 aliphatic heterocycles. The summed E-state index contributed by atoms with van der Waals surface area (Å²) in [6.45, 7) is 5.24. The first-order valence-electron chi connectivity index (χ1n) is 12.2. The highest BCUT2D eigenvalue weighted by Crippen LogP contribution is 2.36. The van der Waals surface area contributed by atoms with Crippen LogP contribution in [0.4, 0.5) is 4.79 Å². The van der Waals surface area contributed by atoms with Gasteiger partial charge in [0.15, 0.2) is 5.78 Å². The van der Waals surface area contributed by atoms with Gasteiger partial charge in [-0.15, -0.1) is 11.3 Å². The number of carbonyl (C=O) groups excluding carboxylic acids is 4. The molecule has 0 radical (unpaired) electrons. The summed E-state index contributed by atoms with van der Waals surface area (Å²) in [5.41, 5.74) is 2.42. The number of nitrogens with one attached hydrogen (secondary N) is 1. The van der Waals surface area contributed by atoms with E-state index in [-0.39, 0.29) is 42.4 Å². The molecule has 186 valence electrons. The number of imide groups is 1. The Morgan fingerprint density at radius 3 is 2.49 bits per heavy atom. The third kappa shape index (κ3) is 5.15. The molecule has 0 spiro atoms. The van der Waals surface area contributed by atoms with Gasteiger partial charge in [-0.1, -0.05) is 37.3 Å². The lowest BCUT2D eigenvalue weighted by molar-refractivity contribution is -0.136. The topological polar surface area (TPSA) is 99.7 Å². The molecule has 35 heavy (non-hydrogen) atoms. The summed E-state index contributed by atoms with van der Waals surface area (Å²) in [6, 6.07) is 8.67. The summed E-state index contributed by atoms with van der Waals surface area (Å²) < 4.78 is 0. The van der Waals surface area contributed by atoms with E-state index in [1.165, 1.54) is 16.2 Å². The zero-order valence-electron chi connectivity index (χ0n) is 20.3. The number of Topliss-reactive ketones (excluding diaryl/α,β-unsaturated/α-hetero) is 1. The van der Waals surface area contributed by atoms with Gasteiger partial charge in [-0.05, 0) is 32.1 Å². The largest absolute Gasteiger partial charge is 0.343 e. The normalized spacial score (nSPS) is 20.9. The smallest absolute Gasteiger partial charge is 0.325 e. The number of amides is 4. The van der Waals surface area contributed by atoms with Crippen molar-refractivity contribution in [2.75, 3.05) is 19.6 Å². The number of ketones is 1. The van der Waals surface area contributed by atoms with Gasteiger partial charge >= 0.3 is 6.03 Å². The minimum Gasteiger partial charge on any atom is -0.343 e. The zero-order chi connectivity index (χ0) is 25.0. The molecule has 0 saturated carbocycles. The van der Waals surface area contributed by atoms with E-state index >= 15 is 0 Å². The van der Waals surface area contributed by atoms with Gasteiger partial charge in [0.1, 0.15) is 5.54 Å². The summed E-state index contributed by atoms with van der Waals surface area (Å²) >= 11 is 1.54. The monoisotopic (exact) mass is 496 g/mol. The maximum atomic E-state index is 13.5. The van der Waals surface area contributed by atoms with Crippen molar-refractivity contribution in [3.05, 3.63) is 52.0 Å². The summed E-state index contributed by atoms with van der Waals surface area (Å²) in [5, 5.41) is 3.01. The van der Waals surface area contributed by atoms with Crippen molar-refractivity contribution in [1.82, 2.24) is 20.1 Å². The van der Waals surface area contributed by atoms with E-state index < -0.39 is 5.54 Å². The average molecular weight is 497 g/mol. The van der Waals surface area contributed by atoms with E-state index in [9.17, 15) is 19.2 Å². The molecule has 4 rings (SSSR count). The minimum atomic E-state index is -0.918. The number of likely N-dealkylation sites (tertiary alicyclic amines) is 1. The van der Waals surface area contributed by atoms with Crippen molar-refractivity contribution in [1.29, 1.82) is 0 Å². The van der Waals surface area contributed by atoms with Gasteiger partial charge in [0.05, 0.1) is 11.2 Å². The Bertz CT molecular complexity index is 1090. The fraction of sp³-hybridized carbons (Fsp3) is 0.500. The molecule has 0 bridgehead atoms. The van der Waals surface area contributed by atoms with Crippen LogP contribution in [0.3, 0.4) is 0 Å². The summed E-state index contributed by atoms with van der Waals surface area (Å²) in [7, 11) is 0. The first-order chi connectivity index (χ1) is 16.9. The maximum absolute atomic E-state index is 13.5. The molecule has 2 aromatic rings. The number of piperidine rings is 1. The van der Waals surface area contributed by atoms with Gasteiger partial charge in [0.25, 0.3) is 5.91 Å². The molecule has 1 atom stereocenters. The van der Waals surface area contributed by atoms with Crippen LogP contribution in [0.2, 0.25) is 0 Å². The van der Waals surface area contributed by atoms with Crippen LogP contribution in [0, 0.1) is 12.8 Å². The highest BCUT2D eigenvalue weighted by Gasteiger charge is 2.54. The van der Waals surface area contributed by atoms with E-state index in [2.05, 4.69) is 10.3 Å². The number of aryl methyl sites for hydroxylation is 1. The van der Waals surface area contributed by atoms with Crippen LogP contribution in [-0.4, -0.2) is 63.6 Å². The Hall–Kier alpha value is -3.07. The Morgan fingerprint density at radius 2 is 1.86 bits per heavy atom. The molecule has 4 amide bonds. The van der Waals surface area contributed by atoms with Crippen molar-refractivity contribution in [3.8, 4) is 0 Å². The molecule has 2 saturated heterocycles. The Morgan fingerprint density at radius 1 is 1.14 bits per heavy atom. The van der Waals surface area contributed by atoms with Crippen LogP contribution in [0.15, 0.2) is 35.8 Å². The second-order valence-corrected chi connectivity index (χ2v) is 10.2. The van der Waals surface area contributed by atoms with E-state index in [0.29, 0.717) is 50.9 Å². The molecule has 1 N–H and O–H groups in total. The van der Waals surface area contributed by atoms with Crippen molar-refractivity contribution in [2.24, 2.45) is 5.92 Å². The summed E-state index contributed by atoms with van der Waals surface area (Å²) in [4.78, 5) is 59.7. The molecule has 0 aliphatic carbocycles. The van der Waals surface area contributed by atoms with Crippen molar-refractivity contribution < 1.29 is 19.2 Å². The van der Waals surface area contributed by atoms with Crippen LogP contribution in [-0.2, 0) is 16.0 Å². The lowest BCUT2D eigenvalue weighted by Gasteiger charge is -2.40. The number of hydrogen-bond acceptors (Lipinski definition) is 6. The molecule has 3 heterocycles. The Balaban J connectivity index is 1.32. The van der Waals surface area contributed by atoms with E-state index in [1.807, 2.05) is 32.0 Å². The number of carbonyl (C=O) groups is 4. The predicted octanol–water partition coefficient (Wildman–Crippen LogP) is 3.60. The number of rotatable bonds is 9. The number of nitrogens with zero attached hydrogens (tertiary/aromatic N) is 3. The molecule has 1 aromatic carbocycles. The maximum Gasteiger partial charge on any atom is 0.325 e. The second kappa shape index (κ2) is 10.7. The number of hydrogen-bond donors (Lipinski definition) is 1. The van der Waals surface area contributed by atoms with Gasteiger partial charge in [0.2, 0.25) is 5.91 Å². The zero-order valence-corrected chi connectivity index (χ0v) is 21.1. The fourth-order valence-corrected chi connectivity index (χ4v) is 5.97. The first kappa shape index (κ1) is 25.0. The summed E-state index contributed by atoms with van der Waals surface area (Å²) in [6.07, 6.45) is 2.75. The van der Waals surface area contributed by atoms with E-state index in [4.69, 9.17) is 0 Å². The molecule has 9 heteroatoms. The number of aromatic nitrogens is 1. The molecular formula is C26H32N4O4S. The number of urea groups is 1. The quantitative estimate of drug-likeness (QED) is 0.422. The standard InChI is InChI=1S/C26H32N4O4S/c1-3-26(24(33)30(25(34)28-26)16-13-22-18(2)27-17-35-22)20-11-14-29(15-12-20)23(32)10-9-21(31)19-7-5-4-6-8-19/h4-8,17,20H,3,9-16H2,1-2H3,(H,28,34)/t26-/m1/s1. The van der Waals surface area contributed by atoms with Crippen molar-refractivity contribution >= 4 is 35.0 Å². The molecule has 1 aromatic heterocycles. The highest BCUT2D eigenvalue weighted by molar-refractivity contribution is 7.09. The lowest BCUT2D eigenvalue weighted by Crippen LogP contribution is -2.56. The third-order valence-electron chi connectivity index (χ3n) is 7.37. The number of benzene rings is 1. The predicted molar refractivity (Wildman–Crippen MR) is 133 cm³/mol. The summed E-state index contributed by atoms with van der Waals surface area (Å²) in [5.74, 6) is -0.271. The van der Waals surface area contributed by atoms with Crippen LogP contribution in [0.1, 0.15) is 60.0 Å². The average Bonchev–Trinajstić information content (AvgIpc) is 3.41. The van der Waals surface area contributed by atoms with Crippen LogP contribution in [0.25, 0.3) is 0 Å². The van der Waals surface area contributed by atoms with Crippen LogP contribution >= 0.6 is 11.3 Å². The third-order valence-corrected chi connectivity index (χ3v) is 8.37. The Labute approximate surface area is 209 Å². The molecule has 8 nitrogen and oxygen atoms in total. The molecule has 0 unspecified atom stereocenters. The van der Waals surface area contributed by atoms with Gasteiger partial charge in [0, 0.05) is 49.3 Å². The SMILES string of the molecule is CC[C@]1(C2CCN(C(=O)CCC(=O)c3ccccc3)CC2)NC(=O)N(CCc2scnc2C)C1=O. The Kier molecular flexibility index (Phi) is 7.64. The van der Waals surface area contributed by atoms with Gasteiger partial charge in [-0.3, -0.25) is 19.3 Å². The first-order valence-corrected chi connectivity index (χ1v) is 13.1. The number of thiazole rings is 1. The minimum absolute atomic E-state index is 0.0332. The molecule has 2 fully saturated rings. The van der Waals surface area contributed by atoms with Crippen molar-refractivity contribution in [2.45, 2.75) is 57.9 Å². The van der Waals surface area contributed by atoms with E-state index in [0.717, 1.165) is 10.6 Å².